The summed E-state index contributed by atoms with van der Waals surface area (Å²) in [6, 6.07) is 5.13. The molecule has 2 amide bonds. The molecule has 2 rings (SSSR count). The van der Waals surface area contributed by atoms with E-state index in [1.807, 2.05) is 0 Å². The molecule has 1 aromatic rings. The third-order valence-electron chi connectivity index (χ3n) is 4.06. The largest absolute Gasteiger partial charge is 0.503 e. The number of sulfonamides is 1. The summed E-state index contributed by atoms with van der Waals surface area (Å²) in [4.78, 5) is 28.9. The van der Waals surface area contributed by atoms with Crippen LogP contribution in [0.2, 0.25) is 0 Å². The van der Waals surface area contributed by atoms with Crippen LogP contribution >= 0.6 is 0 Å². The zero-order chi connectivity index (χ0) is 21.8. The lowest BCUT2D eigenvalue weighted by Gasteiger charge is -2.18. The molecule has 1 unspecified atom stereocenters. The first-order valence-electron chi connectivity index (χ1n) is 8.20. The molecule has 2 N–H and O–H groups in total. The molecule has 1 aliphatic rings. The zero-order valence-electron chi connectivity index (χ0n) is 15.2. The number of rotatable bonds is 7. The number of carbonyl (C=O) groups excluding carboxylic acids is 2. The Balaban J connectivity index is 2.04. The van der Waals surface area contributed by atoms with E-state index < -0.39 is 54.3 Å². The number of hydrogen-bond acceptors (Lipinski definition) is 8. The third kappa shape index (κ3) is 6.24. The average molecular weight is 450 g/mol. The molecule has 0 radical (unpaired) electrons. The number of aliphatic hydroxyl groups is 1. The lowest BCUT2D eigenvalue weighted by Crippen LogP contribution is -2.40. The van der Waals surface area contributed by atoms with Crippen molar-refractivity contribution in [3.63, 3.8) is 0 Å². The summed E-state index contributed by atoms with van der Waals surface area (Å²) in [5, 5.41) is 9.18. The molecule has 13 heteroatoms. The summed E-state index contributed by atoms with van der Waals surface area (Å²) >= 11 is 0. The highest BCUT2D eigenvalue weighted by atomic mass is 32.2. The van der Waals surface area contributed by atoms with Crippen LogP contribution in [0.4, 0.5) is 4.39 Å². The first-order chi connectivity index (χ1) is 13.4. The van der Waals surface area contributed by atoms with E-state index in [9.17, 15) is 35.9 Å². The van der Waals surface area contributed by atoms with E-state index in [1.54, 1.807) is 4.72 Å². The smallest absolute Gasteiger partial charge is 0.299 e. The predicted octanol–water partition coefficient (Wildman–Crippen LogP) is -0.209. The van der Waals surface area contributed by atoms with E-state index >= 15 is 0 Å². The van der Waals surface area contributed by atoms with Crippen LogP contribution in [0.3, 0.4) is 0 Å². The second kappa shape index (κ2) is 8.88. The summed E-state index contributed by atoms with van der Waals surface area (Å²) < 4.78 is 61.5. The van der Waals surface area contributed by atoms with Crippen molar-refractivity contribution in [1.82, 2.24) is 9.79 Å². The molecule has 0 aliphatic carbocycles. The van der Waals surface area contributed by atoms with Crippen molar-refractivity contribution < 1.29 is 40.8 Å². The van der Waals surface area contributed by atoms with Gasteiger partial charge in [-0.05, 0) is 24.1 Å². The number of carbonyl (C=O) groups is 2. The maximum Gasteiger partial charge on any atom is 0.299 e. The summed E-state index contributed by atoms with van der Waals surface area (Å²) in [6.07, 6.45) is 0.271. The Morgan fingerprint density at radius 1 is 1.34 bits per heavy atom. The van der Waals surface area contributed by atoms with Crippen LogP contribution in [-0.2, 0) is 40.8 Å². The van der Waals surface area contributed by atoms with Crippen LogP contribution in [0.1, 0.15) is 12.0 Å². The number of amides is 2. The Morgan fingerprint density at radius 3 is 2.48 bits per heavy atom. The highest BCUT2D eigenvalue weighted by molar-refractivity contribution is 7.95. The lowest BCUT2D eigenvalue weighted by molar-refractivity contribution is -0.173. The average Bonchev–Trinajstić information content (AvgIpc) is 3.01. The van der Waals surface area contributed by atoms with Crippen LogP contribution in [0.15, 0.2) is 36.1 Å². The molecule has 0 spiro atoms. The number of benzene rings is 1. The maximum absolute atomic E-state index is 12.9. The summed E-state index contributed by atoms with van der Waals surface area (Å²) in [5.74, 6) is -5.10. The van der Waals surface area contributed by atoms with E-state index in [0.717, 1.165) is 12.2 Å². The molecular weight excluding hydrogens is 431 g/mol. The second-order valence-electron chi connectivity index (χ2n) is 6.21. The van der Waals surface area contributed by atoms with Crippen molar-refractivity contribution in [2.45, 2.75) is 18.2 Å². The molecule has 0 aromatic heterocycles. The molecule has 0 bridgehead atoms. The van der Waals surface area contributed by atoms with E-state index in [1.165, 1.54) is 24.3 Å². The van der Waals surface area contributed by atoms with Crippen molar-refractivity contribution in [1.29, 1.82) is 0 Å². The Morgan fingerprint density at radius 2 is 1.97 bits per heavy atom. The van der Waals surface area contributed by atoms with Gasteiger partial charge >= 0.3 is 0 Å². The standard InChI is InChI=1S/C16H19FN2O8S2/c1-27-19(9-11-2-4-12(17)5-3-11)15(21)8-14(20)16(22)18-29(25,26)13-6-7-28(23,24)10-13/h2-5,8,13,20H,6-7,9-10H2,1H3,(H,18,22)/b14-8-. The van der Waals surface area contributed by atoms with Gasteiger partial charge in [0.05, 0.1) is 36.5 Å². The van der Waals surface area contributed by atoms with Crippen LogP contribution in [0, 0.1) is 5.82 Å². The highest BCUT2D eigenvalue weighted by Gasteiger charge is 2.38. The molecule has 10 nitrogen and oxygen atoms in total. The van der Waals surface area contributed by atoms with Crippen molar-refractivity contribution in [3.8, 4) is 0 Å². The van der Waals surface area contributed by atoms with Crippen LogP contribution in [0.5, 0.6) is 0 Å². The van der Waals surface area contributed by atoms with Gasteiger partial charge in [-0.2, -0.15) is 0 Å². The van der Waals surface area contributed by atoms with E-state index in [4.69, 9.17) is 4.84 Å². The fourth-order valence-electron chi connectivity index (χ4n) is 2.51. The predicted molar refractivity (Wildman–Crippen MR) is 98.8 cm³/mol. The Kier molecular flexibility index (Phi) is 6.97. The minimum atomic E-state index is -4.36. The van der Waals surface area contributed by atoms with Crippen molar-refractivity contribution in [2.24, 2.45) is 0 Å². The molecule has 1 fully saturated rings. The number of nitrogens with zero attached hydrogens (tertiary/aromatic N) is 1. The number of aliphatic hydroxyl groups excluding tert-OH is 1. The summed E-state index contributed by atoms with van der Waals surface area (Å²) in [5.41, 5.74) is 0.490. The van der Waals surface area contributed by atoms with Gasteiger partial charge in [-0.25, -0.2) is 31.0 Å². The molecule has 1 atom stereocenters. The lowest BCUT2D eigenvalue weighted by atomic mass is 10.2. The van der Waals surface area contributed by atoms with Gasteiger partial charge in [-0.15, -0.1) is 0 Å². The highest BCUT2D eigenvalue weighted by Crippen LogP contribution is 2.18. The molecular formula is C16H19FN2O8S2. The van der Waals surface area contributed by atoms with Gasteiger partial charge in [-0.1, -0.05) is 12.1 Å². The van der Waals surface area contributed by atoms with Gasteiger partial charge in [0.15, 0.2) is 15.6 Å². The molecule has 1 heterocycles. The molecule has 29 heavy (non-hydrogen) atoms. The number of nitrogens with one attached hydrogen (secondary N) is 1. The van der Waals surface area contributed by atoms with E-state index in [0.29, 0.717) is 11.6 Å². The van der Waals surface area contributed by atoms with Gasteiger partial charge in [0.25, 0.3) is 11.8 Å². The quantitative estimate of drug-likeness (QED) is 0.330. The monoisotopic (exact) mass is 450 g/mol. The van der Waals surface area contributed by atoms with Gasteiger partial charge in [0.2, 0.25) is 10.0 Å². The van der Waals surface area contributed by atoms with Crippen LogP contribution in [0.25, 0.3) is 0 Å². The Labute approximate surface area is 166 Å². The molecule has 1 saturated heterocycles. The fourth-order valence-corrected chi connectivity index (χ4v) is 6.50. The minimum Gasteiger partial charge on any atom is -0.503 e. The number of halogens is 1. The van der Waals surface area contributed by atoms with Crippen LogP contribution < -0.4 is 4.72 Å². The summed E-state index contributed by atoms with van der Waals surface area (Å²) in [7, 11) is -6.72. The maximum atomic E-state index is 12.9. The van der Waals surface area contributed by atoms with Gasteiger partial charge < -0.3 is 5.11 Å². The van der Waals surface area contributed by atoms with Gasteiger partial charge in [-0.3, -0.25) is 14.4 Å². The van der Waals surface area contributed by atoms with Crippen molar-refractivity contribution in [2.75, 3.05) is 18.6 Å². The molecule has 160 valence electrons. The topological polar surface area (TPSA) is 147 Å². The number of hydroxylamine groups is 2. The van der Waals surface area contributed by atoms with Crippen molar-refractivity contribution >= 4 is 31.7 Å². The molecule has 0 saturated carbocycles. The van der Waals surface area contributed by atoms with Gasteiger partial charge in [0, 0.05) is 0 Å². The Hall–Kier alpha value is -2.51. The fraction of sp³-hybridized carbons (Fsp3) is 0.375. The number of sulfone groups is 1. The first-order valence-corrected chi connectivity index (χ1v) is 11.6. The van der Waals surface area contributed by atoms with E-state index in [-0.39, 0.29) is 18.7 Å². The van der Waals surface area contributed by atoms with Crippen LogP contribution in [-0.4, -0.2) is 62.7 Å². The Bertz CT molecular complexity index is 1020. The normalized spacial score (nSPS) is 19.0. The summed E-state index contributed by atoms with van der Waals surface area (Å²) in [6.45, 7) is -0.140. The van der Waals surface area contributed by atoms with Crippen molar-refractivity contribution in [3.05, 3.63) is 47.5 Å². The molecule has 1 aliphatic heterocycles. The SMILES string of the molecule is CON(Cc1ccc(F)cc1)C(=O)/C=C(\O)C(=O)NS(=O)(=O)C1CCS(=O)(=O)C1. The third-order valence-corrected chi connectivity index (χ3v) is 7.79. The van der Waals surface area contributed by atoms with Gasteiger partial charge in [0.1, 0.15) is 5.82 Å². The first kappa shape index (κ1) is 22.8. The van der Waals surface area contributed by atoms with E-state index in [2.05, 4.69) is 0 Å². The minimum absolute atomic E-state index is 0.140. The number of hydrogen-bond donors (Lipinski definition) is 2. The second-order valence-corrected chi connectivity index (χ2v) is 10.4. The zero-order valence-corrected chi connectivity index (χ0v) is 16.9. The molecule has 1 aromatic carbocycles.